The van der Waals surface area contributed by atoms with Crippen molar-refractivity contribution >= 4 is 29.9 Å². The maximum absolute atomic E-state index is 12.7. The van der Waals surface area contributed by atoms with E-state index in [1.165, 1.54) is 0 Å². The molecule has 3 N–H and O–H groups in total. The summed E-state index contributed by atoms with van der Waals surface area (Å²) in [6, 6.07) is 17.4. The summed E-state index contributed by atoms with van der Waals surface area (Å²) in [5.74, 6) is 0.0232. The van der Waals surface area contributed by atoms with Crippen molar-refractivity contribution in [2.75, 3.05) is 26.2 Å². The number of nitrogens with two attached hydrogens (primary N) is 1. The zero-order chi connectivity index (χ0) is 18.6. The van der Waals surface area contributed by atoms with Crippen molar-refractivity contribution in [2.45, 2.75) is 19.4 Å². The number of nitrogens with one attached hydrogen (secondary N) is 1. The first-order valence-corrected chi connectivity index (χ1v) is 9.39. The van der Waals surface area contributed by atoms with Crippen LogP contribution in [0.5, 0.6) is 0 Å². The van der Waals surface area contributed by atoms with Crippen LogP contribution in [0.2, 0.25) is 5.02 Å². The average Bonchev–Trinajstić information content (AvgIpc) is 3.03. The quantitative estimate of drug-likeness (QED) is 0.768. The first-order valence-electron chi connectivity index (χ1n) is 9.01. The van der Waals surface area contributed by atoms with Crippen molar-refractivity contribution < 1.29 is 4.79 Å². The lowest BCUT2D eigenvalue weighted by Crippen LogP contribution is -2.39. The first kappa shape index (κ1) is 21.7. The molecule has 2 aromatic rings. The van der Waals surface area contributed by atoms with Gasteiger partial charge in [0.2, 0.25) is 5.91 Å². The lowest BCUT2D eigenvalue weighted by atomic mass is 9.90. The maximum Gasteiger partial charge on any atom is 0.234 e. The Morgan fingerprint density at radius 3 is 2.41 bits per heavy atom. The lowest BCUT2D eigenvalue weighted by Gasteiger charge is -2.24. The van der Waals surface area contributed by atoms with E-state index in [2.05, 4.69) is 17.1 Å². The summed E-state index contributed by atoms with van der Waals surface area (Å²) in [7, 11) is 0. The molecule has 146 valence electrons. The van der Waals surface area contributed by atoms with E-state index in [1.54, 1.807) is 0 Å². The molecule has 0 aromatic heterocycles. The number of nitrogens with zero attached hydrogens (tertiary/aromatic N) is 1. The molecule has 4 nitrogen and oxygen atoms in total. The Balaban J connectivity index is 0.00000261. The van der Waals surface area contributed by atoms with Gasteiger partial charge in [-0.1, -0.05) is 61.0 Å². The number of carbonyl (C=O) groups excluding carboxylic acids is 1. The Morgan fingerprint density at radius 2 is 1.81 bits per heavy atom. The third-order valence-electron chi connectivity index (χ3n) is 5.14. The molecule has 2 atom stereocenters. The van der Waals surface area contributed by atoms with Crippen LogP contribution in [0.3, 0.4) is 0 Å². The predicted molar refractivity (Wildman–Crippen MR) is 113 cm³/mol. The minimum Gasteiger partial charge on any atom is -0.344 e. The Morgan fingerprint density at radius 1 is 1.19 bits per heavy atom. The molecule has 1 fully saturated rings. The van der Waals surface area contributed by atoms with Gasteiger partial charge in [-0.05, 0) is 48.2 Å². The topological polar surface area (TPSA) is 58.4 Å². The third kappa shape index (κ3) is 5.69. The zero-order valence-corrected chi connectivity index (χ0v) is 17.1. The molecule has 27 heavy (non-hydrogen) atoms. The van der Waals surface area contributed by atoms with Crippen LogP contribution in [-0.2, 0) is 4.79 Å². The summed E-state index contributed by atoms with van der Waals surface area (Å²) in [5.41, 5.74) is 8.06. The normalized spacial score (nSPS) is 20.7. The standard InChI is InChI=1S/C21H26ClN3O.ClH/c1-21(14-23)11-12-25(15-21)13-19(26)24-20(16-5-3-2-4-6-16)17-7-9-18(22)10-8-17;/h2-10,20H,11-15,23H2,1H3,(H,24,26);1H. The highest BCUT2D eigenvalue weighted by Crippen LogP contribution is 2.28. The van der Waals surface area contributed by atoms with Crippen molar-refractivity contribution in [3.63, 3.8) is 0 Å². The fraction of sp³-hybridized carbons (Fsp3) is 0.381. The number of benzene rings is 2. The fourth-order valence-electron chi connectivity index (χ4n) is 3.50. The molecule has 1 saturated heterocycles. The van der Waals surface area contributed by atoms with Gasteiger partial charge in [0, 0.05) is 11.6 Å². The number of likely N-dealkylation sites (tertiary alicyclic amines) is 1. The number of hydrogen-bond donors (Lipinski definition) is 2. The first-order chi connectivity index (χ1) is 12.5. The molecule has 0 radical (unpaired) electrons. The number of rotatable bonds is 6. The molecule has 1 aliphatic heterocycles. The predicted octanol–water partition coefficient (Wildman–Crippen LogP) is 3.64. The van der Waals surface area contributed by atoms with E-state index < -0.39 is 0 Å². The van der Waals surface area contributed by atoms with Gasteiger partial charge in [0.1, 0.15) is 0 Å². The summed E-state index contributed by atoms with van der Waals surface area (Å²) in [6.07, 6.45) is 1.04. The highest BCUT2D eigenvalue weighted by molar-refractivity contribution is 6.30. The van der Waals surface area contributed by atoms with Gasteiger partial charge in [-0.3, -0.25) is 9.69 Å². The van der Waals surface area contributed by atoms with E-state index in [9.17, 15) is 4.79 Å². The number of halogens is 2. The van der Waals surface area contributed by atoms with Crippen molar-refractivity contribution in [3.05, 3.63) is 70.7 Å². The minimum absolute atomic E-state index is 0. The van der Waals surface area contributed by atoms with E-state index in [0.717, 1.165) is 30.6 Å². The van der Waals surface area contributed by atoms with Crippen molar-refractivity contribution in [1.82, 2.24) is 10.2 Å². The van der Waals surface area contributed by atoms with E-state index in [0.29, 0.717) is 18.1 Å². The highest BCUT2D eigenvalue weighted by Gasteiger charge is 2.33. The smallest absolute Gasteiger partial charge is 0.234 e. The Bertz CT molecular complexity index is 739. The Kier molecular flexibility index (Phi) is 7.68. The maximum atomic E-state index is 12.7. The van der Waals surface area contributed by atoms with E-state index in [-0.39, 0.29) is 29.8 Å². The molecule has 2 aromatic carbocycles. The molecule has 0 aliphatic carbocycles. The van der Waals surface area contributed by atoms with Gasteiger partial charge in [-0.25, -0.2) is 0 Å². The lowest BCUT2D eigenvalue weighted by molar-refractivity contribution is -0.122. The second kappa shape index (κ2) is 9.56. The summed E-state index contributed by atoms with van der Waals surface area (Å²) in [6.45, 7) is 5.02. The fourth-order valence-corrected chi connectivity index (χ4v) is 3.62. The number of carbonyl (C=O) groups is 1. The van der Waals surface area contributed by atoms with Crippen LogP contribution in [0, 0.1) is 5.41 Å². The van der Waals surface area contributed by atoms with Crippen LogP contribution in [0.15, 0.2) is 54.6 Å². The summed E-state index contributed by atoms with van der Waals surface area (Å²) in [5, 5.41) is 3.87. The van der Waals surface area contributed by atoms with E-state index >= 15 is 0 Å². The molecule has 0 saturated carbocycles. The molecule has 3 rings (SSSR count). The molecule has 1 aliphatic rings. The van der Waals surface area contributed by atoms with Crippen molar-refractivity contribution in [2.24, 2.45) is 11.1 Å². The van der Waals surface area contributed by atoms with Crippen LogP contribution in [0.1, 0.15) is 30.5 Å². The molecule has 2 unspecified atom stereocenters. The van der Waals surface area contributed by atoms with Gasteiger partial charge in [0.05, 0.1) is 12.6 Å². The van der Waals surface area contributed by atoms with Crippen LogP contribution < -0.4 is 11.1 Å². The molecule has 6 heteroatoms. The zero-order valence-electron chi connectivity index (χ0n) is 15.5. The molecule has 1 heterocycles. The van der Waals surface area contributed by atoms with E-state index in [1.807, 2.05) is 54.6 Å². The molecule has 0 spiro atoms. The van der Waals surface area contributed by atoms with Crippen LogP contribution in [0.4, 0.5) is 0 Å². The van der Waals surface area contributed by atoms with Gasteiger partial charge < -0.3 is 11.1 Å². The number of amides is 1. The summed E-state index contributed by atoms with van der Waals surface area (Å²) < 4.78 is 0. The third-order valence-corrected chi connectivity index (χ3v) is 5.39. The van der Waals surface area contributed by atoms with Gasteiger partial charge in [-0.2, -0.15) is 0 Å². The second-order valence-corrected chi connectivity index (χ2v) is 7.87. The van der Waals surface area contributed by atoms with Gasteiger partial charge in [-0.15, -0.1) is 12.4 Å². The monoisotopic (exact) mass is 407 g/mol. The average molecular weight is 408 g/mol. The SMILES string of the molecule is CC1(CN)CCN(CC(=O)NC(c2ccccc2)c2ccc(Cl)cc2)C1.Cl. The molecule has 1 amide bonds. The second-order valence-electron chi connectivity index (χ2n) is 7.44. The summed E-state index contributed by atoms with van der Waals surface area (Å²) >= 11 is 6.02. The van der Waals surface area contributed by atoms with Gasteiger partial charge >= 0.3 is 0 Å². The Hall–Kier alpha value is -1.59. The van der Waals surface area contributed by atoms with Crippen molar-refractivity contribution in [3.8, 4) is 0 Å². The van der Waals surface area contributed by atoms with Crippen LogP contribution in [0.25, 0.3) is 0 Å². The highest BCUT2D eigenvalue weighted by atomic mass is 35.5. The number of hydrogen-bond acceptors (Lipinski definition) is 3. The van der Waals surface area contributed by atoms with Crippen molar-refractivity contribution in [1.29, 1.82) is 0 Å². The van der Waals surface area contributed by atoms with Crippen LogP contribution in [-0.4, -0.2) is 37.0 Å². The molecule has 0 bridgehead atoms. The van der Waals surface area contributed by atoms with Crippen LogP contribution >= 0.6 is 24.0 Å². The summed E-state index contributed by atoms with van der Waals surface area (Å²) in [4.78, 5) is 14.9. The van der Waals surface area contributed by atoms with E-state index in [4.69, 9.17) is 17.3 Å². The van der Waals surface area contributed by atoms with Gasteiger partial charge in [0.25, 0.3) is 0 Å². The van der Waals surface area contributed by atoms with Gasteiger partial charge in [0.15, 0.2) is 0 Å². The Labute approximate surface area is 172 Å². The molecular weight excluding hydrogens is 381 g/mol. The molecular formula is C21H27Cl2N3O. The minimum atomic E-state index is -0.190. The largest absolute Gasteiger partial charge is 0.344 e.